The van der Waals surface area contributed by atoms with E-state index in [-0.39, 0.29) is 5.56 Å². The molecule has 2 nitrogen and oxygen atoms in total. The van der Waals surface area contributed by atoms with Crippen molar-refractivity contribution in [3.8, 4) is 0 Å². The third-order valence-corrected chi connectivity index (χ3v) is 1.85. The van der Waals surface area contributed by atoms with E-state index in [1.807, 2.05) is 6.07 Å². The Labute approximate surface area is 84.7 Å². The van der Waals surface area contributed by atoms with Gasteiger partial charge in [-0.3, -0.25) is 0 Å². The van der Waals surface area contributed by atoms with E-state index in [0.717, 1.165) is 13.2 Å². The van der Waals surface area contributed by atoms with E-state index < -0.39 is 17.7 Å². The molecule has 0 N–H and O–H groups in total. The Balaban J connectivity index is 3.23. The lowest BCUT2D eigenvalue weighted by Crippen LogP contribution is -2.10. The minimum Gasteiger partial charge on any atom is -0.465 e. The molecule has 0 aliphatic carbocycles. The van der Waals surface area contributed by atoms with Crippen molar-refractivity contribution in [1.82, 2.24) is 0 Å². The van der Waals surface area contributed by atoms with Crippen molar-refractivity contribution < 1.29 is 22.7 Å². The van der Waals surface area contributed by atoms with E-state index in [1.165, 1.54) is 13.0 Å². The Morgan fingerprint density at radius 1 is 1.40 bits per heavy atom. The average Bonchev–Trinajstić information content (AvgIpc) is 2.15. The highest BCUT2D eigenvalue weighted by atomic mass is 19.4. The molecule has 0 fully saturated rings. The van der Waals surface area contributed by atoms with E-state index in [1.54, 1.807) is 0 Å². The smallest absolute Gasteiger partial charge is 0.417 e. The van der Waals surface area contributed by atoms with Gasteiger partial charge in [0.25, 0.3) is 0 Å². The minimum absolute atomic E-state index is 0.188. The van der Waals surface area contributed by atoms with Gasteiger partial charge in [-0.25, -0.2) is 4.79 Å². The molecule has 81 valence electrons. The van der Waals surface area contributed by atoms with Crippen LogP contribution in [0, 0.1) is 13.0 Å². The zero-order valence-electron chi connectivity index (χ0n) is 8.11. The molecule has 0 amide bonds. The second-order valence-electron chi connectivity index (χ2n) is 2.92. The topological polar surface area (TPSA) is 26.3 Å². The fourth-order valence-electron chi connectivity index (χ4n) is 1.05. The van der Waals surface area contributed by atoms with Gasteiger partial charge in [-0.2, -0.15) is 13.2 Å². The highest BCUT2D eigenvalue weighted by Gasteiger charge is 2.31. The van der Waals surface area contributed by atoms with Crippen LogP contribution in [0.4, 0.5) is 13.2 Å². The molecule has 1 aromatic carbocycles. The average molecular weight is 217 g/mol. The van der Waals surface area contributed by atoms with Gasteiger partial charge < -0.3 is 4.74 Å². The predicted octanol–water partition coefficient (Wildman–Crippen LogP) is 2.60. The number of hydrogen-bond acceptors (Lipinski definition) is 2. The van der Waals surface area contributed by atoms with Gasteiger partial charge in [-0.15, -0.1) is 0 Å². The van der Waals surface area contributed by atoms with Gasteiger partial charge in [0, 0.05) is 6.07 Å². The highest BCUT2D eigenvalue weighted by Crippen LogP contribution is 2.30. The third kappa shape index (κ3) is 2.49. The summed E-state index contributed by atoms with van der Waals surface area (Å²) in [6, 6.07) is 4.09. The molecule has 0 unspecified atom stereocenters. The summed E-state index contributed by atoms with van der Waals surface area (Å²) in [6.45, 7) is 1.52. The molecule has 0 saturated heterocycles. The number of halogens is 3. The van der Waals surface area contributed by atoms with Crippen molar-refractivity contribution in [3.63, 3.8) is 0 Å². The Morgan fingerprint density at radius 2 is 2.00 bits per heavy atom. The van der Waals surface area contributed by atoms with Crippen molar-refractivity contribution in [2.45, 2.75) is 13.1 Å². The molecule has 0 atom stereocenters. The number of ether oxygens (including phenoxy) is 1. The Kier molecular flexibility index (Phi) is 3.02. The van der Waals surface area contributed by atoms with E-state index >= 15 is 0 Å². The maximum absolute atomic E-state index is 12.3. The van der Waals surface area contributed by atoms with Crippen molar-refractivity contribution in [2.24, 2.45) is 0 Å². The van der Waals surface area contributed by atoms with Gasteiger partial charge in [0.15, 0.2) is 0 Å². The molecule has 1 rings (SSSR count). The molecule has 0 aliphatic rings. The molecule has 0 saturated carbocycles. The van der Waals surface area contributed by atoms with Crippen molar-refractivity contribution in [3.05, 3.63) is 34.9 Å². The molecule has 15 heavy (non-hydrogen) atoms. The minimum atomic E-state index is -4.50. The van der Waals surface area contributed by atoms with Crippen LogP contribution in [0.5, 0.6) is 0 Å². The van der Waals surface area contributed by atoms with Crippen LogP contribution < -0.4 is 0 Å². The summed E-state index contributed by atoms with van der Waals surface area (Å²) in [6.07, 6.45) is -4.50. The monoisotopic (exact) mass is 217 g/mol. The van der Waals surface area contributed by atoms with Crippen LogP contribution in [-0.4, -0.2) is 13.1 Å². The largest absolute Gasteiger partial charge is 0.465 e. The van der Waals surface area contributed by atoms with Gasteiger partial charge in [0.05, 0.1) is 18.2 Å². The van der Waals surface area contributed by atoms with E-state index in [0.29, 0.717) is 5.56 Å². The Bertz CT molecular complexity index is 383. The maximum atomic E-state index is 12.3. The Morgan fingerprint density at radius 3 is 2.47 bits per heavy atom. The van der Waals surface area contributed by atoms with Crippen LogP contribution in [0.15, 0.2) is 12.1 Å². The molecule has 1 radical (unpaired) electrons. The van der Waals surface area contributed by atoms with Crippen LogP contribution in [0.1, 0.15) is 21.5 Å². The lowest BCUT2D eigenvalue weighted by Gasteiger charge is -2.09. The molecule has 5 heteroatoms. The van der Waals surface area contributed by atoms with E-state index in [2.05, 4.69) is 4.74 Å². The number of rotatable bonds is 1. The summed E-state index contributed by atoms with van der Waals surface area (Å²) < 4.78 is 41.2. The molecular weight excluding hydrogens is 209 g/mol. The number of aryl methyl sites for hydroxylation is 1. The van der Waals surface area contributed by atoms with Gasteiger partial charge >= 0.3 is 12.1 Å². The molecule has 0 spiro atoms. The molecule has 0 heterocycles. The normalized spacial score (nSPS) is 11.3. The number of benzene rings is 1. The number of alkyl halides is 3. The quantitative estimate of drug-likeness (QED) is 0.676. The zero-order chi connectivity index (χ0) is 11.6. The van der Waals surface area contributed by atoms with Gasteiger partial charge in [-0.05, 0) is 18.6 Å². The van der Waals surface area contributed by atoms with Gasteiger partial charge in [0.1, 0.15) is 0 Å². The van der Waals surface area contributed by atoms with Crippen LogP contribution in [0.3, 0.4) is 0 Å². The van der Waals surface area contributed by atoms with Crippen LogP contribution in [-0.2, 0) is 10.9 Å². The first-order valence-corrected chi connectivity index (χ1v) is 4.04. The van der Waals surface area contributed by atoms with Gasteiger partial charge in [0.2, 0.25) is 0 Å². The molecular formula is C10H8F3O2. The maximum Gasteiger partial charge on any atom is 0.417 e. The van der Waals surface area contributed by atoms with Crippen molar-refractivity contribution in [1.29, 1.82) is 0 Å². The molecule has 0 aliphatic heterocycles. The Hall–Kier alpha value is -1.52. The van der Waals surface area contributed by atoms with Crippen molar-refractivity contribution in [2.75, 3.05) is 7.11 Å². The highest BCUT2D eigenvalue weighted by molar-refractivity contribution is 5.90. The number of methoxy groups -OCH3 is 1. The second kappa shape index (κ2) is 3.92. The van der Waals surface area contributed by atoms with Crippen molar-refractivity contribution >= 4 is 5.97 Å². The number of carbonyl (C=O) groups excluding carboxylic acids is 1. The summed E-state index contributed by atoms with van der Waals surface area (Å²) in [7, 11) is 1.11. The second-order valence-corrected chi connectivity index (χ2v) is 2.92. The van der Waals surface area contributed by atoms with E-state index in [4.69, 9.17) is 0 Å². The first-order valence-electron chi connectivity index (χ1n) is 4.04. The lowest BCUT2D eigenvalue weighted by atomic mass is 10.0. The first-order chi connectivity index (χ1) is 6.86. The van der Waals surface area contributed by atoms with E-state index in [9.17, 15) is 18.0 Å². The van der Waals surface area contributed by atoms with Gasteiger partial charge in [-0.1, -0.05) is 6.07 Å². The third-order valence-electron chi connectivity index (χ3n) is 1.85. The SMILES string of the molecule is COC(=O)c1[c]c(C(F)(F)F)ccc1C. The summed E-state index contributed by atoms with van der Waals surface area (Å²) in [5.74, 6) is -0.821. The number of hydrogen-bond donors (Lipinski definition) is 0. The number of esters is 1. The van der Waals surface area contributed by atoms with Crippen LogP contribution >= 0.6 is 0 Å². The summed E-state index contributed by atoms with van der Waals surface area (Å²) in [4.78, 5) is 11.1. The molecule has 0 bridgehead atoms. The standard InChI is InChI=1S/C10H8F3O2/c1-6-3-4-7(10(11,12)13)5-8(6)9(14)15-2/h3-4H,1-2H3. The molecule has 1 aromatic rings. The number of carbonyl (C=O) groups is 1. The van der Waals surface area contributed by atoms with Crippen LogP contribution in [0.2, 0.25) is 0 Å². The van der Waals surface area contributed by atoms with Crippen LogP contribution in [0.25, 0.3) is 0 Å². The molecule has 0 aromatic heterocycles. The summed E-state index contributed by atoms with van der Waals surface area (Å²) >= 11 is 0. The first kappa shape index (κ1) is 11.6. The summed E-state index contributed by atoms with van der Waals surface area (Å²) in [5, 5.41) is 0. The summed E-state index contributed by atoms with van der Waals surface area (Å²) in [5.41, 5.74) is -0.768. The fourth-order valence-corrected chi connectivity index (χ4v) is 1.05. The lowest BCUT2D eigenvalue weighted by molar-refractivity contribution is -0.137. The predicted molar refractivity (Wildman–Crippen MR) is 46.4 cm³/mol. The fraction of sp³-hybridized carbons (Fsp3) is 0.300. The zero-order valence-corrected chi connectivity index (χ0v) is 8.11.